The lowest BCUT2D eigenvalue weighted by molar-refractivity contribution is -0.151. The maximum atomic E-state index is 12.3. The summed E-state index contributed by atoms with van der Waals surface area (Å²) in [6.45, 7) is 2.66. The van der Waals surface area contributed by atoms with Gasteiger partial charge >= 0.3 is 5.97 Å². The highest BCUT2D eigenvalue weighted by Gasteiger charge is 2.35. The topological polar surface area (TPSA) is 84.9 Å². The molecule has 1 N–H and O–H groups in total. The zero-order valence-corrected chi connectivity index (χ0v) is 16.3. The van der Waals surface area contributed by atoms with E-state index >= 15 is 0 Å². The molecule has 3 rings (SSSR count). The number of ether oxygens (including phenoxy) is 2. The Morgan fingerprint density at radius 2 is 1.83 bits per heavy atom. The van der Waals surface area contributed by atoms with Crippen molar-refractivity contribution in [2.75, 3.05) is 25.1 Å². The SMILES string of the molecule is CCOc1ccccc1NC(=O)COC(=O)[C@@H]1CC(=O)N(Cc2ccccc2)C1. The van der Waals surface area contributed by atoms with Crippen molar-refractivity contribution in [3.63, 3.8) is 0 Å². The van der Waals surface area contributed by atoms with Crippen LogP contribution in [0.2, 0.25) is 0 Å². The van der Waals surface area contributed by atoms with Crippen LogP contribution in [-0.4, -0.2) is 42.4 Å². The molecule has 0 aromatic heterocycles. The fourth-order valence-electron chi connectivity index (χ4n) is 3.18. The normalized spacial score (nSPS) is 15.8. The maximum Gasteiger partial charge on any atom is 0.311 e. The molecular weight excluding hydrogens is 372 g/mol. The number of para-hydroxylation sites is 2. The van der Waals surface area contributed by atoms with Crippen LogP contribution in [-0.2, 0) is 25.7 Å². The summed E-state index contributed by atoms with van der Waals surface area (Å²) < 4.78 is 10.6. The van der Waals surface area contributed by atoms with E-state index in [4.69, 9.17) is 9.47 Å². The molecule has 1 aliphatic heterocycles. The van der Waals surface area contributed by atoms with Crippen LogP contribution < -0.4 is 10.1 Å². The first-order chi connectivity index (χ1) is 14.1. The van der Waals surface area contributed by atoms with Gasteiger partial charge < -0.3 is 19.7 Å². The summed E-state index contributed by atoms with van der Waals surface area (Å²) in [6.07, 6.45) is 0.0977. The Hall–Kier alpha value is -3.35. The van der Waals surface area contributed by atoms with E-state index in [-0.39, 0.29) is 12.3 Å². The van der Waals surface area contributed by atoms with Crippen LogP contribution in [0.15, 0.2) is 54.6 Å². The highest BCUT2D eigenvalue weighted by Crippen LogP contribution is 2.24. The van der Waals surface area contributed by atoms with Crippen molar-refractivity contribution >= 4 is 23.5 Å². The van der Waals surface area contributed by atoms with Crippen molar-refractivity contribution in [1.82, 2.24) is 4.90 Å². The average molecular weight is 396 g/mol. The molecule has 2 aromatic carbocycles. The van der Waals surface area contributed by atoms with Gasteiger partial charge in [-0.1, -0.05) is 42.5 Å². The predicted octanol–water partition coefficient (Wildman–Crippen LogP) is 2.62. The highest BCUT2D eigenvalue weighted by atomic mass is 16.5. The lowest BCUT2D eigenvalue weighted by Crippen LogP contribution is -2.28. The molecule has 1 atom stereocenters. The molecule has 2 aromatic rings. The van der Waals surface area contributed by atoms with E-state index in [1.807, 2.05) is 37.3 Å². The van der Waals surface area contributed by atoms with Gasteiger partial charge in [-0.25, -0.2) is 0 Å². The molecule has 152 valence electrons. The molecule has 0 bridgehead atoms. The number of esters is 1. The van der Waals surface area contributed by atoms with Crippen LogP contribution in [0.25, 0.3) is 0 Å². The molecule has 7 heteroatoms. The second kappa shape index (κ2) is 9.73. The smallest absolute Gasteiger partial charge is 0.311 e. The second-order valence-corrected chi connectivity index (χ2v) is 6.75. The van der Waals surface area contributed by atoms with Crippen LogP contribution in [0.1, 0.15) is 18.9 Å². The number of rotatable bonds is 8. The first-order valence-corrected chi connectivity index (χ1v) is 9.57. The van der Waals surface area contributed by atoms with Gasteiger partial charge in [0.15, 0.2) is 6.61 Å². The Bertz CT molecular complexity index is 869. The Balaban J connectivity index is 1.48. The fourth-order valence-corrected chi connectivity index (χ4v) is 3.18. The number of carbonyl (C=O) groups excluding carboxylic acids is 3. The Labute approximate surface area is 169 Å². The highest BCUT2D eigenvalue weighted by molar-refractivity contribution is 5.94. The van der Waals surface area contributed by atoms with Crippen molar-refractivity contribution in [3.05, 3.63) is 60.2 Å². The maximum absolute atomic E-state index is 12.3. The van der Waals surface area contributed by atoms with E-state index in [1.165, 1.54) is 0 Å². The van der Waals surface area contributed by atoms with Gasteiger partial charge in [0.25, 0.3) is 5.91 Å². The fraction of sp³-hybridized carbons (Fsp3) is 0.318. The third-order valence-corrected chi connectivity index (χ3v) is 4.57. The number of likely N-dealkylation sites (tertiary alicyclic amines) is 1. The van der Waals surface area contributed by atoms with Gasteiger partial charge in [-0.15, -0.1) is 0 Å². The zero-order valence-electron chi connectivity index (χ0n) is 16.3. The predicted molar refractivity (Wildman–Crippen MR) is 107 cm³/mol. The second-order valence-electron chi connectivity index (χ2n) is 6.75. The molecule has 2 amide bonds. The lowest BCUT2D eigenvalue weighted by atomic mass is 10.1. The largest absolute Gasteiger partial charge is 0.492 e. The summed E-state index contributed by atoms with van der Waals surface area (Å²) in [6, 6.07) is 16.6. The van der Waals surface area contributed by atoms with E-state index in [0.717, 1.165) is 5.56 Å². The summed E-state index contributed by atoms with van der Waals surface area (Å²) in [5.74, 6) is -1.11. The van der Waals surface area contributed by atoms with Crippen LogP contribution in [0, 0.1) is 5.92 Å². The number of anilines is 1. The van der Waals surface area contributed by atoms with E-state index in [2.05, 4.69) is 5.32 Å². The Morgan fingerprint density at radius 1 is 1.10 bits per heavy atom. The molecule has 1 fully saturated rings. The molecule has 1 aliphatic rings. The quantitative estimate of drug-likeness (QED) is 0.694. The standard InChI is InChI=1S/C22H24N2O5/c1-2-28-19-11-7-6-10-18(19)23-20(25)15-29-22(27)17-12-21(26)24(14-17)13-16-8-4-3-5-9-16/h3-11,17H,2,12-15H2,1H3,(H,23,25)/t17-/m1/s1. The number of nitrogens with one attached hydrogen (secondary N) is 1. The molecular formula is C22H24N2O5. The monoisotopic (exact) mass is 396 g/mol. The number of hydrogen-bond donors (Lipinski definition) is 1. The molecule has 0 spiro atoms. The first-order valence-electron chi connectivity index (χ1n) is 9.57. The number of hydrogen-bond acceptors (Lipinski definition) is 5. The molecule has 0 saturated carbocycles. The number of nitrogens with zero attached hydrogens (tertiary/aromatic N) is 1. The number of carbonyl (C=O) groups is 3. The minimum Gasteiger partial charge on any atom is -0.492 e. The summed E-state index contributed by atoms with van der Waals surface area (Å²) in [5.41, 5.74) is 1.52. The van der Waals surface area contributed by atoms with Gasteiger partial charge in [-0.05, 0) is 24.6 Å². The minimum absolute atomic E-state index is 0.0918. The van der Waals surface area contributed by atoms with Crippen LogP contribution in [0.3, 0.4) is 0 Å². The van der Waals surface area contributed by atoms with Crippen LogP contribution in [0.4, 0.5) is 5.69 Å². The summed E-state index contributed by atoms with van der Waals surface area (Å²) >= 11 is 0. The molecule has 29 heavy (non-hydrogen) atoms. The van der Waals surface area contributed by atoms with Crippen molar-refractivity contribution in [3.8, 4) is 5.75 Å². The minimum atomic E-state index is -0.560. The van der Waals surface area contributed by atoms with E-state index in [9.17, 15) is 14.4 Å². The average Bonchev–Trinajstić information content (AvgIpc) is 3.09. The molecule has 0 aliphatic carbocycles. The first kappa shape index (κ1) is 20.4. The third kappa shape index (κ3) is 5.57. The van der Waals surface area contributed by atoms with Gasteiger partial charge in [0, 0.05) is 19.5 Å². The molecule has 0 unspecified atom stereocenters. The summed E-state index contributed by atoms with van der Waals surface area (Å²) in [5, 5.41) is 2.67. The van der Waals surface area contributed by atoms with Gasteiger partial charge in [0.2, 0.25) is 5.91 Å². The molecule has 1 saturated heterocycles. The lowest BCUT2D eigenvalue weighted by Gasteiger charge is -2.16. The Morgan fingerprint density at radius 3 is 2.59 bits per heavy atom. The van der Waals surface area contributed by atoms with Gasteiger partial charge in [-0.2, -0.15) is 0 Å². The summed E-state index contributed by atoms with van der Waals surface area (Å²) in [7, 11) is 0. The van der Waals surface area contributed by atoms with Crippen molar-refractivity contribution in [2.45, 2.75) is 19.9 Å². The van der Waals surface area contributed by atoms with Crippen molar-refractivity contribution in [1.29, 1.82) is 0 Å². The Kier molecular flexibility index (Phi) is 6.84. The zero-order chi connectivity index (χ0) is 20.6. The van der Waals surface area contributed by atoms with Gasteiger partial charge in [0.05, 0.1) is 18.2 Å². The number of benzene rings is 2. The van der Waals surface area contributed by atoms with Crippen LogP contribution >= 0.6 is 0 Å². The molecule has 0 radical (unpaired) electrons. The van der Waals surface area contributed by atoms with Crippen molar-refractivity contribution < 1.29 is 23.9 Å². The van der Waals surface area contributed by atoms with E-state index in [1.54, 1.807) is 29.2 Å². The molecule has 1 heterocycles. The molecule has 7 nitrogen and oxygen atoms in total. The van der Waals surface area contributed by atoms with Gasteiger partial charge in [-0.3, -0.25) is 14.4 Å². The van der Waals surface area contributed by atoms with E-state index in [0.29, 0.717) is 31.1 Å². The van der Waals surface area contributed by atoms with Crippen molar-refractivity contribution in [2.24, 2.45) is 5.92 Å². The van der Waals surface area contributed by atoms with Crippen LogP contribution in [0.5, 0.6) is 5.75 Å². The third-order valence-electron chi connectivity index (χ3n) is 4.57. The van der Waals surface area contributed by atoms with E-state index < -0.39 is 24.4 Å². The number of amides is 2. The summed E-state index contributed by atoms with van der Waals surface area (Å²) in [4.78, 5) is 38.3. The van der Waals surface area contributed by atoms with Gasteiger partial charge in [0.1, 0.15) is 5.75 Å².